The third-order valence-electron chi connectivity index (χ3n) is 6.31. The van der Waals surface area contributed by atoms with Gasteiger partial charge in [-0.05, 0) is 42.4 Å². The van der Waals surface area contributed by atoms with Crippen molar-refractivity contribution in [3.63, 3.8) is 0 Å². The van der Waals surface area contributed by atoms with Gasteiger partial charge in [-0.15, -0.1) is 21.5 Å². The summed E-state index contributed by atoms with van der Waals surface area (Å²) >= 11 is 1.27. The lowest BCUT2D eigenvalue weighted by molar-refractivity contribution is 0.0664. The van der Waals surface area contributed by atoms with Crippen molar-refractivity contribution in [2.75, 3.05) is 33.2 Å². The van der Waals surface area contributed by atoms with Gasteiger partial charge in [-0.1, -0.05) is 18.2 Å². The van der Waals surface area contributed by atoms with Gasteiger partial charge < -0.3 is 14.2 Å². The highest BCUT2D eigenvalue weighted by Gasteiger charge is 2.22. The molecule has 5 rings (SSSR count). The molecule has 1 aliphatic heterocycles. The van der Waals surface area contributed by atoms with E-state index in [1.807, 2.05) is 59.1 Å². The van der Waals surface area contributed by atoms with Gasteiger partial charge >= 0.3 is 0 Å². The first-order valence-corrected chi connectivity index (χ1v) is 16.4. The second kappa shape index (κ2) is 11.3. The Morgan fingerprint density at radius 1 is 0.975 bits per heavy atom. The summed E-state index contributed by atoms with van der Waals surface area (Å²) in [4.78, 5) is 21.4. The number of nitrogens with two attached hydrogens (primary N) is 1. The fourth-order valence-corrected chi connectivity index (χ4v) is 7.16. The van der Waals surface area contributed by atoms with Crippen molar-refractivity contribution in [3.05, 3.63) is 64.8 Å². The van der Waals surface area contributed by atoms with E-state index in [1.165, 1.54) is 11.3 Å². The van der Waals surface area contributed by atoms with Gasteiger partial charge in [0.25, 0.3) is 16.1 Å². The average molecular weight is 606 g/mol. The smallest absolute Gasteiger partial charge is 0.274 e. The summed E-state index contributed by atoms with van der Waals surface area (Å²) in [6, 6.07) is 13.2. The normalized spacial score (nSPS) is 15.1. The molecule has 1 amide bonds. The van der Waals surface area contributed by atoms with Gasteiger partial charge in [0.1, 0.15) is 16.5 Å². The van der Waals surface area contributed by atoms with Crippen LogP contribution in [-0.4, -0.2) is 81.0 Å². The minimum Gasteiger partial charge on any atom is -0.423 e. The number of hydrogen-bond donors (Lipinski definition) is 2. The number of aromatic nitrogens is 3. The number of hydrogen-bond acceptors (Lipinski definition) is 11. The summed E-state index contributed by atoms with van der Waals surface area (Å²) in [7, 11) is -5.61. The van der Waals surface area contributed by atoms with Gasteiger partial charge in [0, 0.05) is 31.7 Å². The summed E-state index contributed by atoms with van der Waals surface area (Å²) in [5, 5.41) is 12.6. The molecule has 3 N–H and O–H groups in total. The van der Waals surface area contributed by atoms with E-state index in [2.05, 4.69) is 20.1 Å². The van der Waals surface area contributed by atoms with Crippen LogP contribution in [0.25, 0.3) is 21.3 Å². The third-order valence-corrected chi connectivity index (χ3v) is 9.46. The molecule has 4 aromatic rings. The van der Waals surface area contributed by atoms with Crippen LogP contribution in [0.2, 0.25) is 0 Å². The number of sulfone groups is 1. The second-order valence-corrected chi connectivity index (χ2v) is 14.0. The SMILES string of the molecule is CN1CCN(C(=O)c2ccc(-c3ccc4nc(CS(=O)(=O)Cc5nnc(CNS(N)(=O)=O)o5)sc4c3)cc2)CC1. The number of fused-ring (bicyclic) bond motifs is 1. The van der Waals surface area contributed by atoms with Crippen molar-refractivity contribution in [3.8, 4) is 11.1 Å². The Morgan fingerprint density at radius 2 is 1.65 bits per heavy atom. The molecule has 0 atom stereocenters. The van der Waals surface area contributed by atoms with E-state index in [4.69, 9.17) is 9.56 Å². The lowest BCUT2D eigenvalue weighted by Gasteiger charge is -2.32. The fraction of sp³-hybridized carbons (Fsp3) is 0.333. The van der Waals surface area contributed by atoms with Crippen molar-refractivity contribution >= 4 is 47.5 Å². The number of benzene rings is 2. The lowest BCUT2D eigenvalue weighted by Crippen LogP contribution is -2.47. The second-order valence-electron chi connectivity index (χ2n) is 9.45. The molecule has 13 nitrogen and oxygen atoms in total. The van der Waals surface area contributed by atoms with Gasteiger partial charge in [-0.2, -0.15) is 13.1 Å². The Balaban J connectivity index is 1.24. The molecule has 2 aromatic carbocycles. The van der Waals surface area contributed by atoms with E-state index in [1.54, 1.807) is 0 Å². The molecule has 3 heterocycles. The van der Waals surface area contributed by atoms with E-state index < -0.39 is 25.8 Å². The Morgan fingerprint density at radius 3 is 2.35 bits per heavy atom. The topological polar surface area (TPSA) is 182 Å². The zero-order chi connectivity index (χ0) is 28.5. The number of carbonyl (C=O) groups excluding carboxylic acids is 1. The number of piperazine rings is 1. The molecule has 212 valence electrons. The van der Waals surface area contributed by atoms with E-state index >= 15 is 0 Å². The molecule has 1 saturated heterocycles. The fourth-order valence-electron chi connectivity index (χ4n) is 4.22. The first-order valence-electron chi connectivity index (χ1n) is 12.2. The molecule has 0 radical (unpaired) electrons. The highest BCUT2D eigenvalue weighted by Crippen LogP contribution is 2.30. The number of likely N-dealkylation sites (N-methyl/N-ethyl adjacent to an activating group) is 1. The highest BCUT2D eigenvalue weighted by molar-refractivity contribution is 7.90. The minimum atomic E-state index is -3.95. The number of nitrogens with zero attached hydrogens (tertiary/aromatic N) is 5. The molecule has 16 heteroatoms. The maximum Gasteiger partial charge on any atom is 0.274 e. The highest BCUT2D eigenvalue weighted by atomic mass is 32.2. The monoisotopic (exact) mass is 605 g/mol. The summed E-state index contributed by atoms with van der Waals surface area (Å²) in [6.45, 7) is 2.81. The molecule has 0 bridgehead atoms. The third kappa shape index (κ3) is 7.07. The van der Waals surface area contributed by atoms with Crippen molar-refractivity contribution in [1.82, 2.24) is 29.7 Å². The summed E-state index contributed by atoms with van der Waals surface area (Å²) < 4.78 is 55.5. The van der Waals surface area contributed by atoms with Crippen LogP contribution in [0.3, 0.4) is 0 Å². The average Bonchev–Trinajstić information content (AvgIpc) is 3.51. The van der Waals surface area contributed by atoms with Gasteiger partial charge in [-0.25, -0.2) is 18.5 Å². The van der Waals surface area contributed by atoms with Gasteiger partial charge in [0.2, 0.25) is 11.8 Å². The van der Waals surface area contributed by atoms with Crippen molar-refractivity contribution in [1.29, 1.82) is 0 Å². The summed E-state index contributed by atoms with van der Waals surface area (Å²) in [5.41, 5.74) is 3.18. The summed E-state index contributed by atoms with van der Waals surface area (Å²) in [6.07, 6.45) is 0. The molecular formula is C24H27N7O6S3. The van der Waals surface area contributed by atoms with Crippen LogP contribution >= 0.6 is 11.3 Å². The van der Waals surface area contributed by atoms with Gasteiger partial charge in [0.15, 0.2) is 9.84 Å². The number of carbonyl (C=O) groups is 1. The van der Waals surface area contributed by atoms with Crippen LogP contribution in [0.4, 0.5) is 0 Å². The molecule has 2 aromatic heterocycles. The van der Waals surface area contributed by atoms with E-state index in [0.717, 1.165) is 28.9 Å². The molecule has 0 saturated carbocycles. The van der Waals surface area contributed by atoms with Crippen molar-refractivity contribution in [2.24, 2.45) is 5.14 Å². The molecule has 40 heavy (non-hydrogen) atoms. The van der Waals surface area contributed by atoms with Crippen LogP contribution < -0.4 is 9.86 Å². The molecule has 1 aliphatic rings. The maximum absolute atomic E-state index is 12.8. The van der Waals surface area contributed by atoms with Crippen molar-refractivity contribution in [2.45, 2.75) is 18.1 Å². The molecule has 0 unspecified atom stereocenters. The van der Waals surface area contributed by atoms with E-state index in [-0.39, 0.29) is 30.0 Å². The summed E-state index contributed by atoms with van der Waals surface area (Å²) in [5.74, 6) is -1.08. The predicted octanol–water partition coefficient (Wildman–Crippen LogP) is 1.14. The Kier molecular flexibility index (Phi) is 7.98. The zero-order valence-corrected chi connectivity index (χ0v) is 23.9. The quantitative estimate of drug-likeness (QED) is 0.281. The Labute approximate surface area is 235 Å². The minimum absolute atomic E-state index is 0.0281. The molecule has 0 spiro atoms. The number of nitrogens with one attached hydrogen (secondary N) is 1. The number of amides is 1. The largest absolute Gasteiger partial charge is 0.423 e. The van der Waals surface area contributed by atoms with Gasteiger partial charge in [-0.3, -0.25) is 4.79 Å². The Bertz CT molecular complexity index is 1740. The molecule has 1 fully saturated rings. The van der Waals surface area contributed by atoms with Crippen molar-refractivity contribution < 1.29 is 26.0 Å². The van der Waals surface area contributed by atoms with E-state index in [0.29, 0.717) is 29.2 Å². The van der Waals surface area contributed by atoms with Crippen LogP contribution in [0.15, 0.2) is 46.9 Å². The van der Waals surface area contributed by atoms with Crippen LogP contribution in [0.5, 0.6) is 0 Å². The molecular weight excluding hydrogens is 579 g/mol. The zero-order valence-electron chi connectivity index (χ0n) is 21.5. The van der Waals surface area contributed by atoms with Gasteiger partial charge in [0.05, 0.1) is 16.8 Å². The number of rotatable bonds is 9. The molecule has 0 aliphatic carbocycles. The first-order chi connectivity index (χ1) is 18.9. The van der Waals surface area contributed by atoms with E-state index in [9.17, 15) is 21.6 Å². The first kappa shape index (κ1) is 28.3. The van der Waals surface area contributed by atoms with Crippen LogP contribution in [0.1, 0.15) is 27.1 Å². The van der Waals surface area contributed by atoms with Crippen LogP contribution in [-0.2, 0) is 38.1 Å². The maximum atomic E-state index is 12.8. The Hall–Kier alpha value is -3.28. The van der Waals surface area contributed by atoms with Crippen LogP contribution in [0, 0.1) is 0 Å². The lowest BCUT2D eigenvalue weighted by atomic mass is 10.0. The predicted molar refractivity (Wildman–Crippen MR) is 149 cm³/mol. The standard InChI is InChI=1S/C24H27N7O6S3/c1-30-8-10-31(11-9-30)24(32)17-4-2-16(3-5-17)18-6-7-19-20(12-18)38-23(27-19)15-39(33,34)14-22-29-28-21(37-22)13-26-40(25,35)36/h2-7,12,26H,8-11,13-15H2,1H3,(H2,25,35,36). The number of thiazole rings is 1.